The topological polar surface area (TPSA) is 29.5 Å². The van der Waals surface area contributed by atoms with E-state index in [1.165, 1.54) is 0 Å². The van der Waals surface area contributed by atoms with E-state index >= 15 is 0 Å². The van der Waals surface area contributed by atoms with Crippen LogP contribution in [0.4, 0.5) is 0 Å². The maximum absolute atomic E-state index is 10.1. The maximum atomic E-state index is 10.1. The van der Waals surface area contributed by atoms with Crippen LogP contribution in [0.15, 0.2) is 48.5 Å². The molecular formula is C17H16O2. The van der Waals surface area contributed by atoms with E-state index in [0.717, 1.165) is 22.4 Å². The van der Waals surface area contributed by atoms with Gasteiger partial charge in [0.15, 0.2) is 0 Å². The first-order chi connectivity index (χ1) is 9.20. The van der Waals surface area contributed by atoms with Gasteiger partial charge in [0, 0.05) is 5.56 Å². The van der Waals surface area contributed by atoms with Gasteiger partial charge in [-0.15, -0.1) is 0 Å². The molecule has 2 aromatic rings. The number of hydrogen-bond acceptors (Lipinski definition) is 2. The highest BCUT2D eigenvalue weighted by Gasteiger charge is 2.05. The van der Waals surface area contributed by atoms with E-state index in [0.29, 0.717) is 0 Å². The van der Waals surface area contributed by atoms with Crippen molar-refractivity contribution < 1.29 is 9.84 Å². The third-order valence-electron chi connectivity index (χ3n) is 2.93. The zero-order valence-electron chi connectivity index (χ0n) is 11.1. The lowest BCUT2D eigenvalue weighted by molar-refractivity contribution is 0.237. The van der Waals surface area contributed by atoms with E-state index in [-0.39, 0.29) is 0 Å². The zero-order chi connectivity index (χ0) is 13.7. The Hall–Kier alpha value is -2.24. The Kier molecular flexibility index (Phi) is 4.22. The van der Waals surface area contributed by atoms with Crippen molar-refractivity contribution in [3.63, 3.8) is 0 Å². The molecule has 0 saturated carbocycles. The Labute approximate surface area is 113 Å². The number of rotatable bonds is 2. The van der Waals surface area contributed by atoms with Crippen molar-refractivity contribution in [2.24, 2.45) is 0 Å². The fourth-order valence-corrected chi connectivity index (χ4v) is 1.80. The minimum absolute atomic E-state index is 0.761. The summed E-state index contributed by atoms with van der Waals surface area (Å²) in [6.07, 6.45) is -0.761. The van der Waals surface area contributed by atoms with Crippen molar-refractivity contribution in [1.29, 1.82) is 0 Å². The van der Waals surface area contributed by atoms with Crippen LogP contribution in [0.2, 0.25) is 0 Å². The summed E-state index contributed by atoms with van der Waals surface area (Å²) >= 11 is 0. The highest BCUT2D eigenvalue weighted by molar-refractivity contribution is 5.41. The molecule has 0 saturated heterocycles. The van der Waals surface area contributed by atoms with Crippen molar-refractivity contribution >= 4 is 0 Å². The Balaban J connectivity index is 2.17. The van der Waals surface area contributed by atoms with Crippen molar-refractivity contribution in [2.75, 3.05) is 7.11 Å². The molecule has 2 nitrogen and oxygen atoms in total. The van der Waals surface area contributed by atoms with E-state index in [2.05, 4.69) is 11.8 Å². The van der Waals surface area contributed by atoms with Crippen LogP contribution in [0.3, 0.4) is 0 Å². The average molecular weight is 252 g/mol. The van der Waals surface area contributed by atoms with E-state index < -0.39 is 6.10 Å². The summed E-state index contributed by atoms with van der Waals surface area (Å²) in [5.74, 6) is 6.62. The van der Waals surface area contributed by atoms with Crippen LogP contribution >= 0.6 is 0 Å². The van der Waals surface area contributed by atoms with Gasteiger partial charge in [-0.25, -0.2) is 0 Å². The van der Waals surface area contributed by atoms with Crippen molar-refractivity contribution in [3.8, 4) is 17.6 Å². The van der Waals surface area contributed by atoms with Gasteiger partial charge in [-0.2, -0.15) is 0 Å². The quantitative estimate of drug-likeness (QED) is 0.832. The van der Waals surface area contributed by atoms with Gasteiger partial charge in [0.1, 0.15) is 11.9 Å². The predicted octanol–water partition coefficient (Wildman–Crippen LogP) is 3.09. The molecule has 1 N–H and O–H groups in total. The second kappa shape index (κ2) is 6.08. The van der Waals surface area contributed by atoms with Crippen LogP contribution in [-0.2, 0) is 0 Å². The maximum Gasteiger partial charge on any atom is 0.140 e. The van der Waals surface area contributed by atoms with Crippen LogP contribution in [0, 0.1) is 18.8 Å². The Morgan fingerprint density at radius 2 is 1.74 bits per heavy atom. The molecule has 0 aromatic heterocycles. The molecule has 0 radical (unpaired) electrons. The first kappa shape index (κ1) is 13.2. The van der Waals surface area contributed by atoms with Gasteiger partial charge in [-0.05, 0) is 42.3 Å². The molecular weight excluding hydrogens is 236 g/mol. The van der Waals surface area contributed by atoms with Crippen LogP contribution in [-0.4, -0.2) is 12.2 Å². The van der Waals surface area contributed by atoms with E-state index in [4.69, 9.17) is 4.74 Å². The Morgan fingerprint density at radius 3 is 2.37 bits per heavy atom. The molecule has 2 aromatic carbocycles. The summed E-state index contributed by atoms with van der Waals surface area (Å²) < 4.78 is 5.08. The average Bonchev–Trinajstić information content (AvgIpc) is 2.46. The molecule has 2 rings (SSSR count). The monoisotopic (exact) mass is 252 g/mol. The molecule has 1 atom stereocenters. The molecule has 0 aliphatic carbocycles. The standard InChI is InChI=1S/C17H16O2/c1-13-5-3-4-6-16(13)17(18)12-9-14-7-10-15(19-2)11-8-14/h3-8,10-11,17-18H,1-2H3. The molecule has 96 valence electrons. The van der Waals surface area contributed by atoms with Gasteiger partial charge < -0.3 is 9.84 Å². The molecule has 2 heteroatoms. The summed E-state index contributed by atoms with van der Waals surface area (Å²) in [7, 11) is 1.63. The molecule has 0 amide bonds. The summed E-state index contributed by atoms with van der Waals surface area (Å²) in [5, 5.41) is 10.1. The fraction of sp³-hybridized carbons (Fsp3) is 0.176. The van der Waals surface area contributed by atoms with Gasteiger partial charge in [0.25, 0.3) is 0 Å². The van der Waals surface area contributed by atoms with Gasteiger partial charge in [0.2, 0.25) is 0 Å². The summed E-state index contributed by atoms with van der Waals surface area (Å²) in [5.41, 5.74) is 2.75. The smallest absolute Gasteiger partial charge is 0.140 e. The van der Waals surface area contributed by atoms with Gasteiger partial charge in [-0.3, -0.25) is 0 Å². The lowest BCUT2D eigenvalue weighted by atomic mass is 10.0. The predicted molar refractivity (Wildman–Crippen MR) is 76.0 cm³/mol. The lowest BCUT2D eigenvalue weighted by Gasteiger charge is -2.06. The third kappa shape index (κ3) is 3.37. The number of aliphatic hydroxyl groups is 1. The van der Waals surface area contributed by atoms with Crippen LogP contribution in [0.25, 0.3) is 0 Å². The van der Waals surface area contributed by atoms with Crippen LogP contribution in [0.5, 0.6) is 5.75 Å². The number of benzene rings is 2. The largest absolute Gasteiger partial charge is 0.497 e. The van der Waals surface area contributed by atoms with Crippen LogP contribution in [0.1, 0.15) is 22.8 Å². The van der Waals surface area contributed by atoms with Crippen LogP contribution < -0.4 is 4.74 Å². The summed E-state index contributed by atoms with van der Waals surface area (Å²) in [6, 6.07) is 15.2. The van der Waals surface area contributed by atoms with Crippen molar-refractivity contribution in [1.82, 2.24) is 0 Å². The highest BCUT2D eigenvalue weighted by Crippen LogP contribution is 2.16. The lowest BCUT2D eigenvalue weighted by Crippen LogP contribution is -1.96. The number of methoxy groups -OCH3 is 1. The third-order valence-corrected chi connectivity index (χ3v) is 2.93. The molecule has 0 aliphatic rings. The minimum Gasteiger partial charge on any atom is -0.497 e. The van der Waals surface area contributed by atoms with Crippen molar-refractivity contribution in [2.45, 2.75) is 13.0 Å². The number of aryl methyl sites for hydroxylation is 1. The molecule has 0 bridgehead atoms. The molecule has 0 heterocycles. The SMILES string of the molecule is COc1ccc(C#CC(O)c2ccccc2C)cc1. The fourth-order valence-electron chi connectivity index (χ4n) is 1.80. The van der Waals surface area contributed by atoms with E-state index in [1.807, 2.05) is 55.5 Å². The molecule has 19 heavy (non-hydrogen) atoms. The number of aliphatic hydroxyl groups excluding tert-OH is 1. The van der Waals surface area contributed by atoms with Crippen molar-refractivity contribution in [3.05, 3.63) is 65.2 Å². The molecule has 0 fully saturated rings. The minimum atomic E-state index is -0.761. The highest BCUT2D eigenvalue weighted by atomic mass is 16.5. The van der Waals surface area contributed by atoms with Gasteiger partial charge >= 0.3 is 0 Å². The Bertz CT molecular complexity index is 603. The molecule has 0 spiro atoms. The second-order valence-corrected chi connectivity index (χ2v) is 4.26. The first-order valence-electron chi connectivity index (χ1n) is 6.10. The summed E-state index contributed by atoms with van der Waals surface area (Å²) in [6.45, 7) is 1.97. The number of hydrogen-bond donors (Lipinski definition) is 1. The summed E-state index contributed by atoms with van der Waals surface area (Å²) in [4.78, 5) is 0. The van der Waals surface area contributed by atoms with E-state index in [9.17, 15) is 5.11 Å². The van der Waals surface area contributed by atoms with Gasteiger partial charge in [-0.1, -0.05) is 36.1 Å². The first-order valence-corrected chi connectivity index (χ1v) is 6.10. The Morgan fingerprint density at radius 1 is 1.05 bits per heavy atom. The zero-order valence-corrected chi connectivity index (χ0v) is 11.1. The normalized spacial score (nSPS) is 11.3. The van der Waals surface area contributed by atoms with E-state index in [1.54, 1.807) is 7.11 Å². The number of ether oxygens (including phenoxy) is 1. The molecule has 1 unspecified atom stereocenters. The van der Waals surface area contributed by atoms with Gasteiger partial charge in [0.05, 0.1) is 7.11 Å². The molecule has 0 aliphatic heterocycles. The second-order valence-electron chi connectivity index (χ2n) is 4.26.